The van der Waals surface area contributed by atoms with E-state index in [4.69, 9.17) is 28.9 Å². The van der Waals surface area contributed by atoms with E-state index < -0.39 is 0 Å². The quantitative estimate of drug-likeness (QED) is 0.711. The molecule has 0 spiro atoms. The standard InChI is InChI=1S/C13H9Cl2N5O/c14-9-3-7(4-10(15)12(9)16)19-13(21)8-5-18-20-2-1-17-6-11(8)20/h1-6H,16H2,(H,19,21). The molecule has 3 aromatic rings. The Kier molecular flexibility index (Phi) is 3.40. The minimum atomic E-state index is -0.338. The lowest BCUT2D eigenvalue weighted by Gasteiger charge is -2.07. The summed E-state index contributed by atoms with van der Waals surface area (Å²) < 4.78 is 1.56. The maximum Gasteiger partial charge on any atom is 0.259 e. The number of carbonyl (C=O) groups excluding carboxylic acids is 1. The molecule has 0 atom stereocenters. The lowest BCUT2D eigenvalue weighted by atomic mass is 10.2. The zero-order valence-electron chi connectivity index (χ0n) is 10.5. The Bertz CT molecular complexity index is 822. The van der Waals surface area contributed by atoms with E-state index >= 15 is 0 Å². The molecule has 0 saturated carbocycles. The van der Waals surface area contributed by atoms with Crippen LogP contribution in [0.25, 0.3) is 5.52 Å². The van der Waals surface area contributed by atoms with Gasteiger partial charge in [0.2, 0.25) is 0 Å². The Morgan fingerprint density at radius 2 is 1.95 bits per heavy atom. The number of nitrogens with two attached hydrogens (primary N) is 1. The van der Waals surface area contributed by atoms with Crippen LogP contribution in [0.1, 0.15) is 10.4 Å². The lowest BCUT2D eigenvalue weighted by Crippen LogP contribution is -2.12. The summed E-state index contributed by atoms with van der Waals surface area (Å²) in [5.41, 5.74) is 7.37. The van der Waals surface area contributed by atoms with Crippen molar-refractivity contribution in [3.8, 4) is 0 Å². The lowest BCUT2D eigenvalue weighted by molar-refractivity contribution is 0.102. The zero-order chi connectivity index (χ0) is 15.0. The molecular formula is C13H9Cl2N5O. The summed E-state index contributed by atoms with van der Waals surface area (Å²) in [6.07, 6.45) is 6.27. The van der Waals surface area contributed by atoms with Crippen LogP contribution in [-0.4, -0.2) is 20.5 Å². The van der Waals surface area contributed by atoms with Gasteiger partial charge in [-0.15, -0.1) is 0 Å². The average Bonchev–Trinajstić information content (AvgIpc) is 2.88. The molecule has 8 heteroatoms. The molecule has 0 radical (unpaired) electrons. The van der Waals surface area contributed by atoms with Gasteiger partial charge >= 0.3 is 0 Å². The van der Waals surface area contributed by atoms with E-state index in [9.17, 15) is 4.79 Å². The van der Waals surface area contributed by atoms with Crippen molar-refractivity contribution in [3.05, 3.63) is 52.5 Å². The molecule has 106 valence electrons. The van der Waals surface area contributed by atoms with Crippen molar-refractivity contribution >= 4 is 46.0 Å². The van der Waals surface area contributed by atoms with Gasteiger partial charge < -0.3 is 11.1 Å². The molecule has 0 aliphatic carbocycles. The van der Waals surface area contributed by atoms with Crippen LogP contribution in [-0.2, 0) is 0 Å². The first-order valence-corrected chi connectivity index (χ1v) is 6.65. The summed E-state index contributed by atoms with van der Waals surface area (Å²) in [5, 5.41) is 7.33. The number of hydrogen-bond acceptors (Lipinski definition) is 4. The van der Waals surface area contributed by atoms with Crippen LogP contribution in [0.3, 0.4) is 0 Å². The number of anilines is 2. The first-order chi connectivity index (χ1) is 10.1. The van der Waals surface area contributed by atoms with E-state index in [1.54, 1.807) is 23.1 Å². The number of nitrogen functional groups attached to an aromatic ring is 1. The second-order valence-corrected chi connectivity index (χ2v) is 5.09. The van der Waals surface area contributed by atoms with Crippen molar-refractivity contribution in [3.63, 3.8) is 0 Å². The van der Waals surface area contributed by atoms with E-state index in [0.717, 1.165) is 0 Å². The molecule has 2 heterocycles. The van der Waals surface area contributed by atoms with E-state index in [1.165, 1.54) is 18.3 Å². The maximum atomic E-state index is 12.3. The summed E-state index contributed by atoms with van der Waals surface area (Å²) in [6.45, 7) is 0. The van der Waals surface area contributed by atoms with Crippen molar-refractivity contribution in [1.29, 1.82) is 0 Å². The number of halogens is 2. The van der Waals surface area contributed by atoms with Crippen molar-refractivity contribution in [2.75, 3.05) is 11.1 Å². The van der Waals surface area contributed by atoms with Gasteiger partial charge in [-0.3, -0.25) is 9.78 Å². The smallest absolute Gasteiger partial charge is 0.259 e. The Labute approximate surface area is 129 Å². The van der Waals surface area contributed by atoms with Crippen molar-refractivity contribution < 1.29 is 4.79 Å². The van der Waals surface area contributed by atoms with E-state index in [1.807, 2.05) is 0 Å². The zero-order valence-corrected chi connectivity index (χ0v) is 12.1. The van der Waals surface area contributed by atoms with Gasteiger partial charge in [-0.05, 0) is 12.1 Å². The predicted molar refractivity (Wildman–Crippen MR) is 81.8 cm³/mol. The largest absolute Gasteiger partial charge is 0.396 e. The minimum Gasteiger partial charge on any atom is -0.396 e. The maximum absolute atomic E-state index is 12.3. The average molecular weight is 322 g/mol. The number of nitrogens with zero attached hydrogens (tertiary/aromatic N) is 3. The highest BCUT2D eigenvalue weighted by molar-refractivity contribution is 6.39. The minimum absolute atomic E-state index is 0.275. The monoisotopic (exact) mass is 321 g/mol. The molecule has 0 saturated heterocycles. The summed E-state index contributed by atoms with van der Waals surface area (Å²) in [5.74, 6) is -0.338. The van der Waals surface area contributed by atoms with Gasteiger partial charge in [0.15, 0.2) is 0 Å². The summed E-state index contributed by atoms with van der Waals surface area (Å²) in [7, 11) is 0. The molecule has 3 N–H and O–H groups in total. The number of benzene rings is 1. The van der Waals surface area contributed by atoms with Crippen LogP contribution in [0.4, 0.5) is 11.4 Å². The number of nitrogens with one attached hydrogen (secondary N) is 1. The third kappa shape index (κ3) is 2.51. The summed E-state index contributed by atoms with van der Waals surface area (Å²) >= 11 is 11.9. The fraction of sp³-hybridized carbons (Fsp3) is 0. The predicted octanol–water partition coefficient (Wildman–Crippen LogP) is 2.87. The van der Waals surface area contributed by atoms with Crippen molar-refractivity contribution in [2.24, 2.45) is 0 Å². The highest BCUT2D eigenvalue weighted by Crippen LogP contribution is 2.31. The van der Waals surface area contributed by atoms with Gasteiger partial charge in [0.1, 0.15) is 0 Å². The van der Waals surface area contributed by atoms with Gasteiger partial charge in [0, 0.05) is 18.1 Å². The van der Waals surface area contributed by atoms with Crippen LogP contribution >= 0.6 is 23.2 Å². The second kappa shape index (κ2) is 5.23. The molecule has 6 nitrogen and oxygen atoms in total. The van der Waals surface area contributed by atoms with Crippen LogP contribution < -0.4 is 11.1 Å². The molecule has 1 aromatic carbocycles. The normalized spacial score (nSPS) is 10.8. The molecule has 0 unspecified atom stereocenters. The van der Waals surface area contributed by atoms with E-state index in [-0.39, 0.29) is 21.6 Å². The summed E-state index contributed by atoms with van der Waals surface area (Å²) in [6, 6.07) is 3.06. The molecule has 0 aliphatic heterocycles. The number of aromatic nitrogens is 3. The van der Waals surface area contributed by atoms with Crippen molar-refractivity contribution in [1.82, 2.24) is 14.6 Å². The molecule has 2 aromatic heterocycles. The first-order valence-electron chi connectivity index (χ1n) is 5.89. The first kappa shape index (κ1) is 13.7. The number of hydrogen-bond donors (Lipinski definition) is 2. The number of carbonyl (C=O) groups is 1. The van der Waals surface area contributed by atoms with Gasteiger partial charge in [0.05, 0.1) is 39.2 Å². The molecule has 3 rings (SSSR count). The SMILES string of the molecule is Nc1c(Cl)cc(NC(=O)c2cnn3ccncc23)cc1Cl. The molecule has 0 bridgehead atoms. The van der Waals surface area contributed by atoms with Crippen LogP contribution in [0.2, 0.25) is 10.0 Å². The van der Waals surface area contributed by atoms with Crippen molar-refractivity contribution in [2.45, 2.75) is 0 Å². The van der Waals surface area contributed by atoms with Crippen LogP contribution in [0, 0.1) is 0 Å². The molecule has 0 fully saturated rings. The third-order valence-electron chi connectivity index (χ3n) is 2.91. The number of rotatable bonds is 2. The molecule has 21 heavy (non-hydrogen) atoms. The molecule has 1 amide bonds. The summed E-state index contributed by atoms with van der Waals surface area (Å²) in [4.78, 5) is 16.3. The van der Waals surface area contributed by atoms with Gasteiger partial charge in [-0.1, -0.05) is 23.2 Å². The Morgan fingerprint density at radius 1 is 1.24 bits per heavy atom. The topological polar surface area (TPSA) is 85.3 Å². The molecular weight excluding hydrogens is 313 g/mol. The van der Waals surface area contributed by atoms with Gasteiger partial charge in [0.25, 0.3) is 5.91 Å². The third-order valence-corrected chi connectivity index (χ3v) is 3.53. The number of fused-ring (bicyclic) bond motifs is 1. The van der Waals surface area contributed by atoms with Gasteiger partial charge in [-0.2, -0.15) is 5.10 Å². The van der Waals surface area contributed by atoms with Crippen LogP contribution in [0.5, 0.6) is 0 Å². The van der Waals surface area contributed by atoms with Gasteiger partial charge in [-0.25, -0.2) is 4.52 Å². The molecule has 0 aliphatic rings. The van der Waals surface area contributed by atoms with E-state index in [0.29, 0.717) is 16.8 Å². The fourth-order valence-corrected chi connectivity index (χ4v) is 2.35. The highest BCUT2D eigenvalue weighted by atomic mass is 35.5. The second-order valence-electron chi connectivity index (χ2n) is 4.27. The number of amides is 1. The Hall–Kier alpha value is -2.31. The highest BCUT2D eigenvalue weighted by Gasteiger charge is 2.14. The Morgan fingerprint density at radius 3 is 2.67 bits per heavy atom. The van der Waals surface area contributed by atoms with E-state index in [2.05, 4.69) is 15.4 Å². The Balaban J connectivity index is 1.93. The van der Waals surface area contributed by atoms with Crippen LogP contribution in [0.15, 0.2) is 36.9 Å². The fourth-order valence-electron chi connectivity index (χ4n) is 1.86.